The number of aliphatic hydroxyl groups is 1. The fourth-order valence-electron chi connectivity index (χ4n) is 2.88. The molecule has 1 aromatic heterocycles. The Hall–Kier alpha value is -2.60. The van der Waals surface area contributed by atoms with Gasteiger partial charge in [0.15, 0.2) is 17.9 Å². The van der Waals surface area contributed by atoms with E-state index in [-0.39, 0.29) is 17.2 Å². The van der Waals surface area contributed by atoms with Crippen molar-refractivity contribution < 1.29 is 26.7 Å². The van der Waals surface area contributed by atoms with Crippen LogP contribution in [0, 0.1) is 0 Å². The number of hydrogen-bond acceptors (Lipinski definition) is 6. The van der Waals surface area contributed by atoms with Crippen molar-refractivity contribution in [1.82, 2.24) is 15.1 Å². The Morgan fingerprint density at radius 3 is 2.43 bits per heavy atom. The van der Waals surface area contributed by atoms with E-state index in [0.29, 0.717) is 11.4 Å². The summed E-state index contributed by atoms with van der Waals surface area (Å²) in [5.74, 6) is 0.487. The lowest BCUT2D eigenvalue weighted by atomic mass is 10.1. The summed E-state index contributed by atoms with van der Waals surface area (Å²) in [5, 5.41) is 17.2. The lowest BCUT2D eigenvalue weighted by molar-refractivity contribution is -0.137. The Balaban J connectivity index is 2.08. The minimum absolute atomic E-state index is 0.104. The quantitative estimate of drug-likeness (QED) is 0.709. The van der Waals surface area contributed by atoms with E-state index in [0.717, 1.165) is 18.4 Å². The van der Waals surface area contributed by atoms with Crippen LogP contribution >= 0.6 is 0 Å². The van der Waals surface area contributed by atoms with E-state index in [4.69, 9.17) is 0 Å². The molecule has 1 aromatic carbocycles. The molecule has 28 heavy (non-hydrogen) atoms. The number of aromatic nitrogens is 2. The smallest absolute Gasteiger partial charge is 0.369 e. The Bertz CT molecular complexity index is 1030. The molecule has 2 heterocycles. The van der Waals surface area contributed by atoms with E-state index in [1.807, 2.05) is 0 Å². The van der Waals surface area contributed by atoms with Crippen molar-refractivity contribution in [3.8, 4) is 0 Å². The summed E-state index contributed by atoms with van der Waals surface area (Å²) in [6, 6.07) is 3.98. The monoisotopic (exact) mass is 417 g/mol. The highest BCUT2D eigenvalue weighted by atomic mass is 32.2. The largest absolute Gasteiger partial charge is 0.416 e. The maximum absolute atomic E-state index is 12.8. The second kappa shape index (κ2) is 6.78. The topological polar surface area (TPSA) is 109 Å². The third kappa shape index (κ3) is 3.97. The molecule has 3 rings (SSSR count). The van der Waals surface area contributed by atoms with E-state index in [2.05, 4.69) is 20.1 Å². The number of nitrogens with one attached hydrogen (secondary N) is 2. The maximum Gasteiger partial charge on any atom is 0.416 e. The second-order valence-corrected chi connectivity index (χ2v) is 8.19. The molecule has 2 aromatic rings. The van der Waals surface area contributed by atoms with Gasteiger partial charge in [0, 0.05) is 0 Å². The van der Waals surface area contributed by atoms with Gasteiger partial charge in [0.05, 0.1) is 23.4 Å². The van der Waals surface area contributed by atoms with E-state index in [1.54, 1.807) is 13.8 Å². The molecular weight excluding hydrogens is 399 g/mol. The maximum atomic E-state index is 12.8. The Kier molecular flexibility index (Phi) is 4.88. The highest BCUT2D eigenvalue weighted by Crippen LogP contribution is 2.38. The Morgan fingerprint density at radius 1 is 1.29 bits per heavy atom. The van der Waals surface area contributed by atoms with Crippen molar-refractivity contribution in [2.24, 2.45) is 4.99 Å². The number of fused-ring (bicyclic) bond motifs is 1. The molecule has 8 nitrogen and oxygen atoms in total. The lowest BCUT2D eigenvalue weighted by Crippen LogP contribution is -2.29. The molecular formula is C16H18F3N5O3S. The van der Waals surface area contributed by atoms with Crippen LogP contribution in [-0.4, -0.2) is 35.4 Å². The predicted molar refractivity (Wildman–Crippen MR) is 96.8 cm³/mol. The van der Waals surface area contributed by atoms with Gasteiger partial charge in [0.2, 0.25) is 10.0 Å². The number of hydrogen-bond donors (Lipinski definition) is 3. The zero-order chi connectivity index (χ0) is 20.9. The van der Waals surface area contributed by atoms with Gasteiger partial charge in [-0.05, 0) is 31.5 Å². The predicted octanol–water partition coefficient (Wildman–Crippen LogP) is 2.53. The first-order chi connectivity index (χ1) is 12.9. The van der Waals surface area contributed by atoms with Gasteiger partial charge in [-0.3, -0.25) is 4.72 Å². The number of aliphatic hydroxyl groups excluding tert-OH is 1. The van der Waals surface area contributed by atoms with E-state index in [9.17, 15) is 26.7 Å². The van der Waals surface area contributed by atoms with E-state index in [1.165, 1.54) is 16.8 Å². The molecule has 0 aliphatic carbocycles. The van der Waals surface area contributed by atoms with Crippen LogP contribution in [0.2, 0.25) is 0 Å². The lowest BCUT2D eigenvalue weighted by Gasteiger charge is -2.21. The molecule has 0 bridgehead atoms. The van der Waals surface area contributed by atoms with Crippen LogP contribution in [0.4, 0.5) is 24.8 Å². The van der Waals surface area contributed by atoms with Crippen molar-refractivity contribution in [2.75, 3.05) is 11.0 Å². The Morgan fingerprint density at radius 2 is 1.89 bits per heavy atom. The summed E-state index contributed by atoms with van der Waals surface area (Å²) in [5.41, 5.74) is -0.140. The summed E-state index contributed by atoms with van der Waals surface area (Å²) in [6.07, 6.45) is -4.75. The van der Waals surface area contributed by atoms with E-state index >= 15 is 0 Å². The molecule has 2 unspecified atom stereocenters. The fourth-order valence-corrected chi connectivity index (χ4v) is 3.38. The fraction of sp³-hybridized carbons (Fsp3) is 0.375. The van der Waals surface area contributed by atoms with Crippen molar-refractivity contribution in [3.63, 3.8) is 0 Å². The van der Waals surface area contributed by atoms with Crippen LogP contribution in [0.15, 0.2) is 29.3 Å². The standard InChI is InChI=1S/C16H18F3N5O3S/c1-8(10-4-6-11(7-5-10)16(17,18)19)24-14-12(15(25)21-9(2)20-14)13(22-24)23-28(3,26)27/h4-8,15,25H,1-3H3,(H,20,21)(H,22,23). The molecule has 0 fully saturated rings. The van der Waals surface area contributed by atoms with Gasteiger partial charge in [-0.25, -0.2) is 18.1 Å². The van der Waals surface area contributed by atoms with Crippen LogP contribution in [0.25, 0.3) is 0 Å². The minimum atomic E-state index is -4.45. The zero-order valence-electron chi connectivity index (χ0n) is 15.1. The SMILES string of the molecule is CC1=Nc2c(c(NS(C)(=O)=O)nn2C(C)c2ccc(C(F)(F)F)cc2)C(O)N1. The number of amidine groups is 1. The molecule has 12 heteroatoms. The molecule has 152 valence electrons. The number of anilines is 1. The molecule has 0 saturated carbocycles. The number of rotatable bonds is 4. The minimum Gasteiger partial charge on any atom is -0.369 e. The number of nitrogens with zero attached hydrogens (tertiary/aromatic N) is 3. The molecule has 1 aliphatic rings. The van der Waals surface area contributed by atoms with Crippen LogP contribution in [0.1, 0.15) is 42.8 Å². The highest BCUT2D eigenvalue weighted by molar-refractivity contribution is 7.92. The number of sulfonamides is 1. The summed E-state index contributed by atoms with van der Waals surface area (Å²) < 4.78 is 65.2. The first kappa shape index (κ1) is 20.1. The normalized spacial score (nSPS) is 18.1. The Labute approximate surface area is 159 Å². The molecule has 0 spiro atoms. The summed E-state index contributed by atoms with van der Waals surface area (Å²) in [4.78, 5) is 4.28. The first-order valence-electron chi connectivity index (χ1n) is 8.14. The van der Waals surface area contributed by atoms with Gasteiger partial charge in [-0.1, -0.05) is 12.1 Å². The number of alkyl halides is 3. The second-order valence-electron chi connectivity index (χ2n) is 6.44. The molecule has 0 amide bonds. The van der Waals surface area contributed by atoms with Crippen molar-refractivity contribution in [1.29, 1.82) is 0 Å². The third-order valence-electron chi connectivity index (χ3n) is 4.18. The average Bonchev–Trinajstić information content (AvgIpc) is 2.90. The van der Waals surface area contributed by atoms with Crippen LogP contribution in [0.5, 0.6) is 0 Å². The van der Waals surface area contributed by atoms with Crippen LogP contribution < -0.4 is 10.0 Å². The van der Waals surface area contributed by atoms with Gasteiger partial charge in [0.1, 0.15) is 5.84 Å². The zero-order valence-corrected chi connectivity index (χ0v) is 15.9. The number of benzene rings is 1. The number of aliphatic imine (C=N–C) groups is 1. The van der Waals surface area contributed by atoms with Crippen molar-refractivity contribution in [2.45, 2.75) is 32.3 Å². The molecule has 0 saturated heterocycles. The summed E-state index contributed by atoms with van der Waals surface area (Å²) in [7, 11) is -3.68. The molecule has 3 N–H and O–H groups in total. The number of halogens is 3. The van der Waals surface area contributed by atoms with Gasteiger partial charge in [-0.15, -0.1) is 0 Å². The van der Waals surface area contributed by atoms with Gasteiger partial charge < -0.3 is 10.4 Å². The van der Waals surface area contributed by atoms with Crippen molar-refractivity contribution >= 4 is 27.5 Å². The average molecular weight is 417 g/mol. The summed E-state index contributed by atoms with van der Waals surface area (Å²) >= 11 is 0. The summed E-state index contributed by atoms with van der Waals surface area (Å²) in [6.45, 7) is 3.29. The van der Waals surface area contributed by atoms with Gasteiger partial charge >= 0.3 is 6.18 Å². The first-order valence-corrected chi connectivity index (χ1v) is 10.0. The molecule has 1 aliphatic heterocycles. The third-order valence-corrected chi connectivity index (χ3v) is 4.75. The van der Waals surface area contributed by atoms with Crippen LogP contribution in [0.3, 0.4) is 0 Å². The van der Waals surface area contributed by atoms with Gasteiger partial charge in [-0.2, -0.15) is 18.3 Å². The highest BCUT2D eigenvalue weighted by Gasteiger charge is 2.32. The van der Waals surface area contributed by atoms with Gasteiger partial charge in [0.25, 0.3) is 0 Å². The van der Waals surface area contributed by atoms with Crippen molar-refractivity contribution in [3.05, 3.63) is 41.0 Å². The molecule has 0 radical (unpaired) electrons. The van der Waals surface area contributed by atoms with Crippen LogP contribution in [-0.2, 0) is 16.2 Å². The van der Waals surface area contributed by atoms with E-state index < -0.39 is 34.0 Å². The molecule has 2 atom stereocenters.